The quantitative estimate of drug-likeness (QED) is 0.729. The van der Waals surface area contributed by atoms with Crippen LogP contribution < -0.4 is 4.74 Å². The molecule has 0 aliphatic rings. The fourth-order valence-electron chi connectivity index (χ4n) is 0.804. The monoisotopic (exact) mass is 191 g/mol. The molecule has 0 saturated heterocycles. The normalized spacial score (nSPS) is 8.64. The van der Waals surface area contributed by atoms with Gasteiger partial charge in [-0.25, -0.2) is 9.78 Å². The van der Waals surface area contributed by atoms with Crippen LogP contribution in [0, 0.1) is 11.8 Å². The van der Waals surface area contributed by atoms with Gasteiger partial charge in [0.05, 0.1) is 5.56 Å². The minimum Gasteiger partial charge on any atom is -0.478 e. The lowest BCUT2D eigenvalue weighted by Crippen LogP contribution is -2.00. The van der Waals surface area contributed by atoms with Gasteiger partial charge < -0.3 is 9.84 Å². The summed E-state index contributed by atoms with van der Waals surface area (Å²) in [5.41, 5.74) is 0.152. The molecule has 72 valence electrons. The van der Waals surface area contributed by atoms with E-state index >= 15 is 0 Å². The zero-order chi connectivity index (χ0) is 10.4. The van der Waals surface area contributed by atoms with E-state index in [9.17, 15) is 4.79 Å². The molecule has 0 fully saturated rings. The number of pyridine rings is 1. The molecular formula is C10H9NO3. The summed E-state index contributed by atoms with van der Waals surface area (Å²) in [5.74, 6) is 4.61. The van der Waals surface area contributed by atoms with Crippen LogP contribution in [-0.2, 0) is 0 Å². The summed E-state index contributed by atoms with van der Waals surface area (Å²) in [6.07, 6.45) is 1.39. The second-order valence-electron chi connectivity index (χ2n) is 2.40. The van der Waals surface area contributed by atoms with Crippen molar-refractivity contribution >= 4 is 5.97 Å². The third-order valence-electron chi connectivity index (χ3n) is 1.45. The highest BCUT2D eigenvalue weighted by molar-refractivity contribution is 5.87. The van der Waals surface area contributed by atoms with Crippen LogP contribution >= 0.6 is 0 Å². The van der Waals surface area contributed by atoms with Gasteiger partial charge in [-0.05, 0) is 13.0 Å². The molecule has 0 saturated carbocycles. The fraction of sp³-hybridized carbons (Fsp3) is 0.200. The molecule has 4 nitrogen and oxygen atoms in total. The summed E-state index contributed by atoms with van der Waals surface area (Å²) in [5, 5.41) is 8.67. The lowest BCUT2D eigenvalue weighted by molar-refractivity contribution is 0.0696. The topological polar surface area (TPSA) is 59.4 Å². The summed E-state index contributed by atoms with van der Waals surface area (Å²) in [4.78, 5) is 14.4. The predicted octanol–water partition coefficient (Wildman–Crippen LogP) is 1.18. The van der Waals surface area contributed by atoms with Crippen molar-refractivity contribution in [3.05, 3.63) is 23.9 Å². The Labute approximate surface area is 81.5 Å². The Morgan fingerprint density at radius 1 is 1.71 bits per heavy atom. The van der Waals surface area contributed by atoms with Gasteiger partial charge >= 0.3 is 5.97 Å². The van der Waals surface area contributed by atoms with Gasteiger partial charge in [-0.1, -0.05) is 5.92 Å². The summed E-state index contributed by atoms with van der Waals surface area (Å²) in [6, 6.07) is 2.76. The highest BCUT2D eigenvalue weighted by Gasteiger charge is 2.03. The number of nitrogens with zero attached hydrogens (tertiary/aromatic N) is 1. The average Bonchev–Trinajstić information content (AvgIpc) is 2.19. The van der Waals surface area contributed by atoms with Crippen molar-refractivity contribution < 1.29 is 14.6 Å². The first-order chi connectivity index (χ1) is 6.74. The lowest BCUT2D eigenvalue weighted by atomic mass is 10.3. The smallest absolute Gasteiger partial charge is 0.335 e. The van der Waals surface area contributed by atoms with Crippen LogP contribution in [-0.4, -0.2) is 22.7 Å². The molecule has 0 aromatic carbocycles. The number of hydrogen-bond donors (Lipinski definition) is 1. The van der Waals surface area contributed by atoms with Gasteiger partial charge in [0, 0.05) is 12.3 Å². The molecule has 1 rings (SSSR count). The van der Waals surface area contributed by atoms with Gasteiger partial charge in [0.2, 0.25) is 5.88 Å². The molecule has 0 aliphatic carbocycles. The molecule has 0 aliphatic heterocycles. The van der Waals surface area contributed by atoms with Gasteiger partial charge in [-0.3, -0.25) is 0 Å². The summed E-state index contributed by atoms with van der Waals surface area (Å²) >= 11 is 0. The Balaban J connectivity index is 2.71. The number of aromatic carboxylic acids is 1. The molecule has 1 aromatic heterocycles. The van der Waals surface area contributed by atoms with E-state index < -0.39 is 5.97 Å². The van der Waals surface area contributed by atoms with Crippen molar-refractivity contribution in [1.29, 1.82) is 0 Å². The van der Waals surface area contributed by atoms with E-state index in [4.69, 9.17) is 9.84 Å². The molecule has 1 aromatic rings. The van der Waals surface area contributed by atoms with Crippen molar-refractivity contribution in [2.24, 2.45) is 0 Å². The van der Waals surface area contributed by atoms with E-state index in [-0.39, 0.29) is 18.1 Å². The second kappa shape index (κ2) is 4.87. The SMILES string of the molecule is CC#CCOc1cc(C(=O)O)ccn1. The van der Waals surface area contributed by atoms with E-state index in [2.05, 4.69) is 16.8 Å². The summed E-state index contributed by atoms with van der Waals surface area (Å²) in [6.45, 7) is 1.91. The predicted molar refractivity (Wildman–Crippen MR) is 50.1 cm³/mol. The standard InChI is InChI=1S/C10H9NO3/c1-2-3-6-14-9-7-8(10(12)13)4-5-11-9/h4-5,7H,6H2,1H3,(H,12,13). The van der Waals surface area contributed by atoms with Gasteiger partial charge in [0.15, 0.2) is 6.61 Å². The van der Waals surface area contributed by atoms with Crippen LogP contribution in [0.4, 0.5) is 0 Å². The zero-order valence-electron chi connectivity index (χ0n) is 7.65. The Morgan fingerprint density at radius 3 is 3.14 bits per heavy atom. The van der Waals surface area contributed by atoms with Gasteiger partial charge in [0.25, 0.3) is 0 Å². The van der Waals surface area contributed by atoms with Crippen molar-refractivity contribution in [2.75, 3.05) is 6.61 Å². The van der Waals surface area contributed by atoms with Crippen LogP contribution in [0.1, 0.15) is 17.3 Å². The van der Waals surface area contributed by atoms with Crippen LogP contribution in [0.2, 0.25) is 0 Å². The zero-order valence-corrected chi connectivity index (χ0v) is 7.65. The molecule has 0 amide bonds. The van der Waals surface area contributed by atoms with Crippen LogP contribution in [0.5, 0.6) is 5.88 Å². The Kier molecular flexibility index (Phi) is 3.50. The molecule has 0 bridgehead atoms. The number of ether oxygens (including phenoxy) is 1. The van der Waals surface area contributed by atoms with E-state index in [0.29, 0.717) is 0 Å². The minimum absolute atomic E-state index is 0.152. The third-order valence-corrected chi connectivity index (χ3v) is 1.45. The lowest BCUT2D eigenvalue weighted by Gasteiger charge is -2.00. The number of carboxylic acids is 1. The fourth-order valence-corrected chi connectivity index (χ4v) is 0.804. The number of hydrogen-bond acceptors (Lipinski definition) is 3. The molecule has 1 N–H and O–H groups in total. The maximum Gasteiger partial charge on any atom is 0.335 e. The molecule has 4 heteroatoms. The molecular weight excluding hydrogens is 182 g/mol. The second-order valence-corrected chi connectivity index (χ2v) is 2.40. The average molecular weight is 191 g/mol. The molecule has 0 spiro atoms. The number of aromatic nitrogens is 1. The first kappa shape index (κ1) is 10.1. The Morgan fingerprint density at radius 2 is 2.50 bits per heavy atom. The van der Waals surface area contributed by atoms with Crippen LogP contribution in [0.15, 0.2) is 18.3 Å². The van der Waals surface area contributed by atoms with Gasteiger partial charge in [0.1, 0.15) is 0 Å². The molecule has 0 radical (unpaired) electrons. The van der Waals surface area contributed by atoms with Gasteiger partial charge in [-0.2, -0.15) is 0 Å². The number of rotatable bonds is 3. The largest absolute Gasteiger partial charge is 0.478 e. The van der Waals surface area contributed by atoms with Crippen molar-refractivity contribution in [3.8, 4) is 17.7 Å². The van der Waals surface area contributed by atoms with Crippen molar-refractivity contribution in [2.45, 2.75) is 6.92 Å². The molecule has 0 unspecified atom stereocenters. The molecule has 0 atom stereocenters. The van der Waals surface area contributed by atoms with E-state index in [1.807, 2.05) is 0 Å². The maximum atomic E-state index is 10.6. The van der Waals surface area contributed by atoms with Crippen molar-refractivity contribution in [3.63, 3.8) is 0 Å². The Hall–Kier alpha value is -2.02. The van der Waals surface area contributed by atoms with Crippen LogP contribution in [0.25, 0.3) is 0 Å². The van der Waals surface area contributed by atoms with E-state index in [1.54, 1.807) is 6.92 Å². The van der Waals surface area contributed by atoms with Gasteiger partial charge in [-0.15, -0.1) is 5.92 Å². The number of carbonyl (C=O) groups is 1. The maximum absolute atomic E-state index is 10.6. The molecule has 1 heterocycles. The van der Waals surface area contributed by atoms with E-state index in [1.165, 1.54) is 18.3 Å². The Bertz CT molecular complexity index is 390. The summed E-state index contributed by atoms with van der Waals surface area (Å²) < 4.78 is 5.09. The summed E-state index contributed by atoms with van der Waals surface area (Å²) in [7, 11) is 0. The van der Waals surface area contributed by atoms with E-state index in [0.717, 1.165) is 0 Å². The minimum atomic E-state index is -1.00. The number of carboxylic acid groups (broad SMARTS) is 1. The van der Waals surface area contributed by atoms with Crippen molar-refractivity contribution in [1.82, 2.24) is 4.98 Å². The highest BCUT2D eigenvalue weighted by atomic mass is 16.5. The first-order valence-electron chi connectivity index (χ1n) is 3.96. The first-order valence-corrected chi connectivity index (χ1v) is 3.96. The highest BCUT2D eigenvalue weighted by Crippen LogP contribution is 2.08. The molecule has 14 heavy (non-hydrogen) atoms. The van der Waals surface area contributed by atoms with Crippen LogP contribution in [0.3, 0.4) is 0 Å². The third kappa shape index (κ3) is 2.79.